The molecular weight excluding hydrogens is 334 g/mol. The summed E-state index contributed by atoms with van der Waals surface area (Å²) >= 11 is 6.27. The first-order valence-electron chi connectivity index (χ1n) is 8.69. The Morgan fingerprint density at radius 1 is 1.04 bits per heavy atom. The van der Waals surface area contributed by atoms with Gasteiger partial charge in [-0.15, -0.1) is 0 Å². The predicted molar refractivity (Wildman–Crippen MR) is 103 cm³/mol. The largest absolute Gasteiger partial charge is 0.368 e. The average Bonchev–Trinajstić information content (AvgIpc) is 2.63. The lowest BCUT2D eigenvalue weighted by Gasteiger charge is -2.36. The second-order valence-corrected chi connectivity index (χ2v) is 6.82. The molecule has 0 aliphatic carbocycles. The van der Waals surface area contributed by atoms with E-state index in [4.69, 9.17) is 11.6 Å². The van der Waals surface area contributed by atoms with Gasteiger partial charge in [0.15, 0.2) is 0 Å². The number of carbonyl (C=O) groups is 1. The normalized spacial score (nSPS) is 16.5. The highest BCUT2D eigenvalue weighted by Crippen LogP contribution is 2.25. The minimum absolute atomic E-state index is 0.0260. The van der Waals surface area contributed by atoms with Gasteiger partial charge in [-0.25, -0.2) is 0 Å². The second-order valence-electron chi connectivity index (χ2n) is 6.41. The lowest BCUT2D eigenvalue weighted by molar-refractivity contribution is -0.123. The third-order valence-electron chi connectivity index (χ3n) is 4.61. The van der Waals surface area contributed by atoms with E-state index in [1.165, 1.54) is 0 Å². The maximum atomic E-state index is 12.3. The highest BCUT2D eigenvalue weighted by molar-refractivity contribution is 6.33. The monoisotopic (exact) mass is 357 g/mol. The number of rotatable bonds is 5. The Kier molecular flexibility index (Phi) is 5.95. The fourth-order valence-corrected chi connectivity index (χ4v) is 3.43. The summed E-state index contributed by atoms with van der Waals surface area (Å²) in [7, 11) is 0. The number of carbonyl (C=O) groups excluding carboxylic acids is 1. The van der Waals surface area contributed by atoms with Gasteiger partial charge in [-0.2, -0.15) is 0 Å². The van der Waals surface area contributed by atoms with Crippen molar-refractivity contribution >= 4 is 23.2 Å². The summed E-state index contributed by atoms with van der Waals surface area (Å²) in [6.07, 6.45) is 0. The summed E-state index contributed by atoms with van der Waals surface area (Å²) in [4.78, 5) is 16.8. The third kappa shape index (κ3) is 4.74. The molecule has 0 aromatic heterocycles. The Balaban J connectivity index is 1.47. The molecule has 5 heteroatoms. The van der Waals surface area contributed by atoms with Crippen molar-refractivity contribution in [2.45, 2.75) is 13.0 Å². The number of hydrogen-bond donors (Lipinski definition) is 1. The van der Waals surface area contributed by atoms with Crippen LogP contribution in [0, 0.1) is 0 Å². The van der Waals surface area contributed by atoms with Crippen LogP contribution in [-0.4, -0.2) is 43.5 Å². The standard InChI is InChI=1S/C20H24ClN3O/c1-16(17-7-3-2-4-8-17)22-20(25)15-23-11-13-24(14-12-23)19-10-6-5-9-18(19)21/h2-10,16H,11-15H2,1H3,(H,22,25)/t16-/m0/s1. The van der Waals surface area contributed by atoms with E-state index in [2.05, 4.69) is 15.1 Å². The molecule has 0 radical (unpaired) electrons. The van der Waals surface area contributed by atoms with Gasteiger partial charge in [-0.3, -0.25) is 9.69 Å². The van der Waals surface area contributed by atoms with Crippen LogP contribution in [-0.2, 0) is 4.79 Å². The molecule has 2 aromatic carbocycles. The smallest absolute Gasteiger partial charge is 0.234 e. The van der Waals surface area contributed by atoms with Crippen molar-refractivity contribution in [2.75, 3.05) is 37.6 Å². The molecule has 0 unspecified atom stereocenters. The fraction of sp³-hybridized carbons (Fsp3) is 0.350. The Morgan fingerprint density at radius 3 is 2.36 bits per heavy atom. The van der Waals surface area contributed by atoms with Crippen LogP contribution in [0.3, 0.4) is 0 Å². The number of nitrogens with zero attached hydrogens (tertiary/aromatic N) is 2. The molecular formula is C20H24ClN3O. The number of halogens is 1. The van der Waals surface area contributed by atoms with Gasteiger partial charge in [0, 0.05) is 26.2 Å². The van der Waals surface area contributed by atoms with Gasteiger partial charge in [-0.1, -0.05) is 54.1 Å². The van der Waals surface area contributed by atoms with Crippen molar-refractivity contribution in [3.8, 4) is 0 Å². The first kappa shape index (κ1) is 17.8. The molecule has 132 valence electrons. The molecule has 2 aromatic rings. The van der Waals surface area contributed by atoms with Gasteiger partial charge < -0.3 is 10.2 Å². The highest BCUT2D eigenvalue weighted by atomic mass is 35.5. The number of amides is 1. The van der Waals surface area contributed by atoms with Crippen LogP contribution >= 0.6 is 11.6 Å². The zero-order valence-corrected chi connectivity index (χ0v) is 15.2. The number of piperazine rings is 1. The van der Waals surface area contributed by atoms with Gasteiger partial charge in [0.25, 0.3) is 0 Å². The summed E-state index contributed by atoms with van der Waals surface area (Å²) in [5, 5.41) is 3.86. The Bertz CT molecular complexity index is 699. The number of para-hydroxylation sites is 1. The number of hydrogen-bond acceptors (Lipinski definition) is 3. The van der Waals surface area contributed by atoms with Crippen LogP contribution in [0.1, 0.15) is 18.5 Å². The van der Waals surface area contributed by atoms with Crippen molar-refractivity contribution in [3.63, 3.8) is 0 Å². The van der Waals surface area contributed by atoms with Crippen molar-refractivity contribution < 1.29 is 4.79 Å². The minimum Gasteiger partial charge on any atom is -0.368 e. The summed E-state index contributed by atoms with van der Waals surface area (Å²) in [5.41, 5.74) is 2.20. The maximum Gasteiger partial charge on any atom is 0.234 e. The Morgan fingerprint density at radius 2 is 1.68 bits per heavy atom. The molecule has 0 saturated carbocycles. The predicted octanol–water partition coefficient (Wildman–Crippen LogP) is 3.34. The van der Waals surface area contributed by atoms with E-state index in [0.29, 0.717) is 6.54 Å². The Hall–Kier alpha value is -2.04. The molecule has 1 atom stereocenters. The molecule has 1 saturated heterocycles. The van der Waals surface area contributed by atoms with E-state index in [0.717, 1.165) is 42.5 Å². The molecule has 1 N–H and O–H groups in total. The number of nitrogens with one attached hydrogen (secondary N) is 1. The van der Waals surface area contributed by atoms with E-state index in [9.17, 15) is 4.79 Å². The molecule has 1 fully saturated rings. The molecule has 0 spiro atoms. The zero-order valence-electron chi connectivity index (χ0n) is 14.5. The second kappa shape index (κ2) is 8.37. The molecule has 0 bridgehead atoms. The van der Waals surface area contributed by atoms with Crippen molar-refractivity contribution in [1.29, 1.82) is 0 Å². The highest BCUT2D eigenvalue weighted by Gasteiger charge is 2.21. The lowest BCUT2D eigenvalue weighted by Crippen LogP contribution is -2.49. The molecule has 3 rings (SSSR count). The van der Waals surface area contributed by atoms with Crippen LogP contribution in [0.5, 0.6) is 0 Å². The number of anilines is 1. The van der Waals surface area contributed by atoms with Crippen LogP contribution in [0.25, 0.3) is 0 Å². The van der Waals surface area contributed by atoms with E-state index < -0.39 is 0 Å². The summed E-state index contributed by atoms with van der Waals surface area (Å²) in [6, 6.07) is 18.0. The quantitative estimate of drug-likeness (QED) is 0.891. The van der Waals surface area contributed by atoms with Gasteiger partial charge in [0.2, 0.25) is 5.91 Å². The maximum absolute atomic E-state index is 12.3. The average molecular weight is 358 g/mol. The molecule has 1 aliphatic rings. The lowest BCUT2D eigenvalue weighted by atomic mass is 10.1. The first-order valence-corrected chi connectivity index (χ1v) is 9.07. The zero-order chi connectivity index (χ0) is 17.6. The molecule has 1 heterocycles. The van der Waals surface area contributed by atoms with E-state index in [1.54, 1.807) is 0 Å². The van der Waals surface area contributed by atoms with E-state index in [-0.39, 0.29) is 11.9 Å². The van der Waals surface area contributed by atoms with Crippen molar-refractivity contribution in [1.82, 2.24) is 10.2 Å². The van der Waals surface area contributed by atoms with Crippen LogP contribution < -0.4 is 10.2 Å². The Labute approximate surface area is 154 Å². The van der Waals surface area contributed by atoms with Gasteiger partial charge >= 0.3 is 0 Å². The first-order chi connectivity index (χ1) is 12.1. The summed E-state index contributed by atoms with van der Waals surface area (Å²) in [5.74, 6) is 0.0718. The summed E-state index contributed by atoms with van der Waals surface area (Å²) < 4.78 is 0. The fourth-order valence-electron chi connectivity index (χ4n) is 3.17. The number of benzene rings is 2. The van der Waals surface area contributed by atoms with E-state index in [1.807, 2.05) is 61.5 Å². The molecule has 1 amide bonds. The molecule has 1 aliphatic heterocycles. The minimum atomic E-state index is 0.0260. The molecule has 4 nitrogen and oxygen atoms in total. The van der Waals surface area contributed by atoms with Crippen molar-refractivity contribution in [2.24, 2.45) is 0 Å². The van der Waals surface area contributed by atoms with Crippen LogP contribution in [0.2, 0.25) is 5.02 Å². The van der Waals surface area contributed by atoms with Gasteiger partial charge in [0.05, 0.1) is 23.3 Å². The molecule has 25 heavy (non-hydrogen) atoms. The topological polar surface area (TPSA) is 35.6 Å². The van der Waals surface area contributed by atoms with E-state index >= 15 is 0 Å². The third-order valence-corrected chi connectivity index (χ3v) is 4.93. The van der Waals surface area contributed by atoms with Crippen LogP contribution in [0.15, 0.2) is 54.6 Å². The van der Waals surface area contributed by atoms with Gasteiger partial charge in [-0.05, 0) is 24.6 Å². The van der Waals surface area contributed by atoms with Gasteiger partial charge in [0.1, 0.15) is 0 Å². The SMILES string of the molecule is C[C@H](NC(=O)CN1CCN(c2ccccc2Cl)CC1)c1ccccc1. The van der Waals surface area contributed by atoms with Crippen LogP contribution in [0.4, 0.5) is 5.69 Å². The van der Waals surface area contributed by atoms with Crippen molar-refractivity contribution in [3.05, 3.63) is 65.2 Å². The summed E-state index contributed by atoms with van der Waals surface area (Å²) in [6.45, 7) is 5.93.